The molecule has 0 saturated carbocycles. The largest absolute Gasteiger partial charge is 0.464 e. The summed E-state index contributed by atoms with van der Waals surface area (Å²) in [7, 11) is 3.87. The molecular formula is C20H33NO4S4. The Labute approximate surface area is 192 Å². The van der Waals surface area contributed by atoms with E-state index in [2.05, 4.69) is 0 Å². The maximum atomic E-state index is 12.1. The fourth-order valence-electron chi connectivity index (χ4n) is 2.11. The number of likely N-dealkylation sites (N-methyl/N-ethyl adjacent to an activating group) is 1. The van der Waals surface area contributed by atoms with E-state index in [1.165, 1.54) is 47.0 Å². The van der Waals surface area contributed by atoms with Crippen molar-refractivity contribution in [3.05, 3.63) is 23.0 Å². The summed E-state index contributed by atoms with van der Waals surface area (Å²) in [4.78, 5) is 37.5. The molecule has 0 heterocycles. The Morgan fingerprint density at radius 3 is 2.24 bits per heavy atom. The number of hydrogen-bond donors (Lipinski definition) is 0. The molecule has 0 spiro atoms. The molecule has 0 rings (SSSR count). The van der Waals surface area contributed by atoms with E-state index in [9.17, 15) is 14.4 Å². The van der Waals surface area contributed by atoms with Crippen LogP contribution in [0.4, 0.5) is 0 Å². The van der Waals surface area contributed by atoms with Crippen molar-refractivity contribution in [2.45, 2.75) is 37.4 Å². The number of thioether (sulfide) groups is 4. The van der Waals surface area contributed by atoms with Crippen LogP contribution in [-0.2, 0) is 19.1 Å². The second-order valence-corrected chi connectivity index (χ2v) is 10.3. The highest BCUT2D eigenvalue weighted by atomic mass is 32.2. The minimum atomic E-state index is -0.170. The third-order valence-corrected chi connectivity index (χ3v) is 6.46. The molecule has 0 aliphatic heterocycles. The summed E-state index contributed by atoms with van der Waals surface area (Å²) in [6.07, 6.45) is 10.6. The van der Waals surface area contributed by atoms with Crippen LogP contribution in [0.15, 0.2) is 23.0 Å². The van der Waals surface area contributed by atoms with Gasteiger partial charge in [0, 0.05) is 24.0 Å². The first-order chi connectivity index (χ1) is 13.9. The first-order valence-corrected chi connectivity index (χ1v) is 13.9. The third kappa shape index (κ3) is 19.4. The number of esters is 1. The lowest BCUT2D eigenvalue weighted by molar-refractivity contribution is -0.144. The van der Waals surface area contributed by atoms with Gasteiger partial charge in [0.1, 0.15) is 6.61 Å². The van der Waals surface area contributed by atoms with Gasteiger partial charge in [-0.25, -0.2) is 0 Å². The van der Waals surface area contributed by atoms with Crippen LogP contribution in [0.3, 0.4) is 0 Å². The number of rotatable bonds is 16. The first kappa shape index (κ1) is 28.6. The van der Waals surface area contributed by atoms with E-state index in [-0.39, 0.29) is 21.4 Å². The molecule has 0 aromatic carbocycles. The predicted octanol–water partition coefficient (Wildman–Crippen LogP) is 4.68. The van der Waals surface area contributed by atoms with E-state index in [1.54, 1.807) is 23.0 Å². The molecule has 5 nitrogen and oxygen atoms in total. The van der Waals surface area contributed by atoms with Gasteiger partial charge in [-0.2, -0.15) is 0 Å². The smallest absolute Gasteiger partial charge is 0.305 e. The Morgan fingerprint density at radius 1 is 0.966 bits per heavy atom. The molecule has 0 bridgehead atoms. The summed E-state index contributed by atoms with van der Waals surface area (Å²) in [6.45, 7) is 1.13. The second-order valence-electron chi connectivity index (χ2n) is 6.36. The second kappa shape index (κ2) is 19.6. The Morgan fingerprint density at radius 2 is 1.62 bits per heavy atom. The Balaban J connectivity index is 4.31. The normalized spacial score (nSPS) is 12.7. The molecule has 0 aromatic heterocycles. The molecule has 0 radical (unpaired) electrons. The van der Waals surface area contributed by atoms with Crippen LogP contribution in [0.5, 0.6) is 0 Å². The van der Waals surface area contributed by atoms with Gasteiger partial charge in [-0.05, 0) is 68.8 Å². The fraction of sp³-hybridized carbons (Fsp3) is 0.650. The van der Waals surface area contributed by atoms with Crippen molar-refractivity contribution in [1.29, 1.82) is 0 Å². The highest BCUT2D eigenvalue weighted by Gasteiger charge is 2.14. The zero-order valence-electron chi connectivity index (χ0n) is 17.8. The number of nitrogens with zero attached hydrogens (tertiary/aromatic N) is 1. The molecule has 29 heavy (non-hydrogen) atoms. The van der Waals surface area contributed by atoms with Crippen molar-refractivity contribution < 1.29 is 19.1 Å². The average Bonchev–Trinajstić information content (AvgIpc) is 2.67. The maximum Gasteiger partial charge on any atom is 0.305 e. The van der Waals surface area contributed by atoms with E-state index in [4.69, 9.17) is 4.74 Å². The van der Waals surface area contributed by atoms with Crippen molar-refractivity contribution >= 4 is 63.2 Å². The van der Waals surface area contributed by atoms with Gasteiger partial charge in [-0.3, -0.25) is 14.4 Å². The molecule has 0 amide bonds. The molecule has 0 saturated heterocycles. The number of carbonyl (C=O) groups is 3. The monoisotopic (exact) mass is 479 g/mol. The molecule has 166 valence electrons. The maximum absolute atomic E-state index is 12.1. The van der Waals surface area contributed by atoms with E-state index < -0.39 is 0 Å². The molecule has 9 heteroatoms. The number of carbonyl (C=O) groups excluding carboxylic acids is 3. The summed E-state index contributed by atoms with van der Waals surface area (Å²) in [5.41, 5.74) is 0. The zero-order chi connectivity index (χ0) is 21.9. The van der Waals surface area contributed by atoms with Gasteiger partial charge in [-0.1, -0.05) is 29.9 Å². The highest BCUT2D eigenvalue weighted by molar-refractivity contribution is 8.15. The lowest BCUT2D eigenvalue weighted by Gasteiger charge is -2.14. The molecule has 0 N–H and O–H groups in total. The van der Waals surface area contributed by atoms with Crippen LogP contribution in [0.1, 0.15) is 32.1 Å². The third-order valence-electron chi connectivity index (χ3n) is 3.61. The van der Waals surface area contributed by atoms with Crippen molar-refractivity contribution in [2.24, 2.45) is 0 Å². The van der Waals surface area contributed by atoms with Gasteiger partial charge in [0.2, 0.25) is 10.2 Å². The zero-order valence-corrected chi connectivity index (χ0v) is 21.0. The minimum absolute atomic E-state index is 0.0334. The van der Waals surface area contributed by atoms with E-state index >= 15 is 0 Å². The van der Waals surface area contributed by atoms with E-state index in [1.807, 2.05) is 31.5 Å². The van der Waals surface area contributed by atoms with Crippen molar-refractivity contribution in [3.63, 3.8) is 0 Å². The summed E-state index contributed by atoms with van der Waals surface area (Å²) >= 11 is 5.59. The van der Waals surface area contributed by atoms with Gasteiger partial charge in [0.05, 0.1) is 0 Å². The molecular weight excluding hydrogens is 446 g/mol. The average molecular weight is 480 g/mol. The van der Waals surface area contributed by atoms with Gasteiger partial charge in [-0.15, -0.1) is 23.5 Å². The van der Waals surface area contributed by atoms with Crippen LogP contribution >= 0.6 is 47.0 Å². The SMILES string of the molecule is CS/C=C/C(=O)SCCC(CCCCC(=O)OCCN(C)C)SC(=O)/C=C/SC. The predicted molar refractivity (Wildman–Crippen MR) is 132 cm³/mol. The van der Waals surface area contributed by atoms with Crippen LogP contribution in [0.2, 0.25) is 0 Å². The minimum Gasteiger partial charge on any atom is -0.464 e. The van der Waals surface area contributed by atoms with Gasteiger partial charge in [0.15, 0.2) is 0 Å². The Hall–Kier alpha value is -0.350. The van der Waals surface area contributed by atoms with Crippen LogP contribution in [0.25, 0.3) is 0 Å². The standard InChI is InChI=1S/C20H33NO4S4/c1-21(2)12-13-25-18(22)8-6-5-7-17(29-20(24)11-15-27-4)9-16-28-19(23)10-14-26-3/h10-11,14-15,17H,5-9,12-13,16H2,1-4H3/b14-10+,15-11+. The summed E-state index contributed by atoms with van der Waals surface area (Å²) in [6, 6.07) is 0. The molecule has 0 fully saturated rings. The molecule has 0 aromatic rings. The van der Waals surface area contributed by atoms with Gasteiger partial charge in [0.25, 0.3) is 0 Å². The van der Waals surface area contributed by atoms with Crippen LogP contribution in [-0.4, -0.2) is 71.9 Å². The van der Waals surface area contributed by atoms with Gasteiger partial charge >= 0.3 is 5.97 Å². The molecule has 1 atom stereocenters. The quantitative estimate of drug-likeness (QED) is 0.178. The number of ether oxygens (including phenoxy) is 1. The summed E-state index contributed by atoms with van der Waals surface area (Å²) in [5, 5.41) is 3.77. The molecule has 1 unspecified atom stereocenters. The van der Waals surface area contributed by atoms with E-state index in [0.717, 1.165) is 32.2 Å². The fourth-order valence-corrected chi connectivity index (χ4v) is 4.71. The number of unbranched alkanes of at least 4 members (excludes halogenated alkanes) is 1. The first-order valence-electron chi connectivity index (χ1n) is 9.45. The molecule has 0 aliphatic carbocycles. The van der Waals surface area contributed by atoms with Crippen LogP contribution in [0, 0.1) is 0 Å². The summed E-state index contributed by atoms with van der Waals surface area (Å²) < 4.78 is 5.19. The van der Waals surface area contributed by atoms with Crippen molar-refractivity contribution in [3.8, 4) is 0 Å². The topological polar surface area (TPSA) is 63.7 Å². The van der Waals surface area contributed by atoms with Crippen molar-refractivity contribution in [2.75, 3.05) is 45.5 Å². The highest BCUT2D eigenvalue weighted by Crippen LogP contribution is 2.25. The van der Waals surface area contributed by atoms with E-state index in [0.29, 0.717) is 18.8 Å². The van der Waals surface area contributed by atoms with Crippen LogP contribution < -0.4 is 0 Å². The lowest BCUT2D eigenvalue weighted by atomic mass is 10.1. The molecule has 0 aliphatic rings. The lowest BCUT2D eigenvalue weighted by Crippen LogP contribution is -2.20. The Bertz CT molecular complexity index is 539. The van der Waals surface area contributed by atoms with Gasteiger partial charge < -0.3 is 9.64 Å². The number of hydrogen-bond acceptors (Lipinski definition) is 9. The Kier molecular flexibility index (Phi) is 19.4. The van der Waals surface area contributed by atoms with Crippen molar-refractivity contribution in [1.82, 2.24) is 4.90 Å². The summed E-state index contributed by atoms with van der Waals surface area (Å²) in [5.74, 6) is 0.512.